The van der Waals surface area contributed by atoms with Crippen molar-refractivity contribution in [2.45, 2.75) is 59.9 Å². The zero-order valence-corrected chi connectivity index (χ0v) is 11.7. The summed E-state index contributed by atoms with van der Waals surface area (Å²) in [6.45, 7) is 14.6. The number of aliphatic imine (C=N–C) groups is 1. The molecule has 0 bridgehead atoms. The summed E-state index contributed by atoms with van der Waals surface area (Å²) in [5.41, 5.74) is 0.256. The third-order valence-corrected chi connectivity index (χ3v) is 2.79. The summed E-state index contributed by atoms with van der Waals surface area (Å²) in [5, 5.41) is 0. The Morgan fingerprint density at radius 3 is 2.25 bits per heavy atom. The van der Waals surface area contributed by atoms with Crippen LogP contribution in [0.4, 0.5) is 0 Å². The van der Waals surface area contributed by atoms with Crippen LogP contribution in [0.5, 0.6) is 0 Å². The van der Waals surface area contributed by atoms with Gasteiger partial charge in [-0.2, -0.15) is 0 Å². The van der Waals surface area contributed by atoms with Gasteiger partial charge in [0.05, 0.1) is 0 Å². The van der Waals surface area contributed by atoms with Crippen molar-refractivity contribution in [1.82, 2.24) is 4.90 Å². The van der Waals surface area contributed by atoms with Crippen LogP contribution in [0.15, 0.2) is 17.3 Å². The minimum absolute atomic E-state index is 0.106. The molecule has 92 valence electrons. The molecule has 0 unspecified atom stereocenters. The number of amidine groups is 1. The van der Waals surface area contributed by atoms with Gasteiger partial charge < -0.3 is 4.90 Å². The van der Waals surface area contributed by atoms with E-state index in [1.54, 1.807) is 0 Å². The normalized spacial score (nSPS) is 24.4. The molecule has 1 heterocycles. The molecule has 0 radical (unpaired) electrons. The summed E-state index contributed by atoms with van der Waals surface area (Å²) in [7, 11) is 0. The largest absolute Gasteiger partial charge is 0.355 e. The molecule has 2 heteroatoms. The van der Waals surface area contributed by atoms with Gasteiger partial charge in [0, 0.05) is 23.7 Å². The van der Waals surface area contributed by atoms with Gasteiger partial charge in [-0.05, 0) is 33.6 Å². The Morgan fingerprint density at radius 1 is 1.12 bits per heavy atom. The number of rotatable bonds is 0. The van der Waals surface area contributed by atoms with Crippen LogP contribution in [-0.4, -0.2) is 22.8 Å². The van der Waals surface area contributed by atoms with Crippen LogP contribution in [0.25, 0.3) is 0 Å². The Kier molecular flexibility index (Phi) is 3.82. The quantitative estimate of drug-likeness (QED) is 0.608. The Morgan fingerprint density at radius 2 is 1.75 bits per heavy atom. The van der Waals surface area contributed by atoms with E-state index in [1.807, 2.05) is 6.20 Å². The van der Waals surface area contributed by atoms with Gasteiger partial charge in [-0.3, -0.25) is 0 Å². The minimum Gasteiger partial charge on any atom is -0.355 e. The van der Waals surface area contributed by atoms with Crippen molar-refractivity contribution >= 4 is 5.84 Å². The van der Waals surface area contributed by atoms with Crippen LogP contribution in [0.1, 0.15) is 54.4 Å². The molecule has 0 amide bonds. The lowest BCUT2D eigenvalue weighted by molar-refractivity contribution is 0.214. The van der Waals surface area contributed by atoms with Crippen molar-refractivity contribution in [2.24, 2.45) is 10.4 Å². The van der Waals surface area contributed by atoms with Crippen LogP contribution in [0.2, 0.25) is 0 Å². The Bertz CT molecular complexity index is 287. The van der Waals surface area contributed by atoms with E-state index in [-0.39, 0.29) is 11.0 Å². The first-order valence-electron chi connectivity index (χ1n) is 6.24. The van der Waals surface area contributed by atoms with E-state index in [1.165, 1.54) is 12.3 Å². The molecule has 1 aliphatic heterocycles. The highest BCUT2D eigenvalue weighted by atomic mass is 15.2. The van der Waals surface area contributed by atoms with Crippen molar-refractivity contribution < 1.29 is 0 Å². The van der Waals surface area contributed by atoms with E-state index in [0.717, 1.165) is 13.0 Å². The maximum atomic E-state index is 4.66. The first-order chi connectivity index (χ1) is 7.23. The van der Waals surface area contributed by atoms with Crippen LogP contribution in [0, 0.1) is 5.41 Å². The maximum Gasteiger partial charge on any atom is 0.110 e. The number of hydrogen-bond acceptors (Lipinski definition) is 2. The Hall–Kier alpha value is -0.790. The SMILES string of the molecule is CC(C)(C)/C1=N/C=C\CCCN1C(C)(C)C. The molecule has 0 fully saturated rings. The molecule has 0 N–H and O–H groups in total. The molecular formula is C14H26N2. The van der Waals surface area contributed by atoms with Gasteiger partial charge in [0.1, 0.15) is 5.84 Å². The summed E-state index contributed by atoms with van der Waals surface area (Å²) >= 11 is 0. The van der Waals surface area contributed by atoms with Crippen molar-refractivity contribution in [1.29, 1.82) is 0 Å². The van der Waals surface area contributed by atoms with E-state index in [0.29, 0.717) is 0 Å². The van der Waals surface area contributed by atoms with Crippen molar-refractivity contribution in [3.63, 3.8) is 0 Å². The highest BCUT2D eigenvalue weighted by molar-refractivity contribution is 5.88. The monoisotopic (exact) mass is 222 g/mol. The van der Waals surface area contributed by atoms with Crippen LogP contribution >= 0.6 is 0 Å². The lowest BCUT2D eigenvalue weighted by Crippen LogP contribution is -2.50. The van der Waals surface area contributed by atoms with Crippen LogP contribution in [0.3, 0.4) is 0 Å². The fraction of sp³-hybridized carbons (Fsp3) is 0.786. The first kappa shape index (κ1) is 13.3. The van der Waals surface area contributed by atoms with E-state index in [9.17, 15) is 0 Å². The summed E-state index contributed by atoms with van der Waals surface area (Å²) in [6.07, 6.45) is 6.49. The summed E-state index contributed by atoms with van der Waals surface area (Å²) in [5.74, 6) is 1.20. The highest BCUT2D eigenvalue weighted by Gasteiger charge is 2.31. The van der Waals surface area contributed by atoms with Crippen molar-refractivity contribution in [3.8, 4) is 0 Å². The molecule has 1 aliphatic rings. The number of hydrogen-bond donors (Lipinski definition) is 0. The zero-order chi connectivity index (χ0) is 12.4. The van der Waals surface area contributed by atoms with Gasteiger partial charge in [0.25, 0.3) is 0 Å². The van der Waals surface area contributed by atoms with Gasteiger partial charge in [-0.15, -0.1) is 0 Å². The molecule has 0 saturated heterocycles. The molecule has 1 rings (SSSR count). The predicted octanol–water partition coefficient (Wildman–Crippen LogP) is 3.84. The molecule has 0 aromatic heterocycles. The Balaban J connectivity index is 3.10. The second kappa shape index (κ2) is 4.60. The molecule has 0 aliphatic carbocycles. The summed E-state index contributed by atoms with van der Waals surface area (Å²) < 4.78 is 0. The molecular weight excluding hydrogens is 196 g/mol. The van der Waals surface area contributed by atoms with E-state index < -0.39 is 0 Å². The van der Waals surface area contributed by atoms with Gasteiger partial charge in [0.2, 0.25) is 0 Å². The molecule has 16 heavy (non-hydrogen) atoms. The third-order valence-electron chi connectivity index (χ3n) is 2.79. The lowest BCUT2D eigenvalue weighted by atomic mass is 9.90. The Labute approximate surface area is 100 Å². The fourth-order valence-corrected chi connectivity index (χ4v) is 1.99. The average Bonchev–Trinajstić information content (AvgIpc) is 1.96. The smallest absolute Gasteiger partial charge is 0.110 e. The third kappa shape index (κ3) is 3.36. The summed E-state index contributed by atoms with van der Waals surface area (Å²) in [6, 6.07) is 0. The van der Waals surface area contributed by atoms with Gasteiger partial charge in [-0.25, -0.2) is 4.99 Å². The lowest BCUT2D eigenvalue weighted by Gasteiger charge is -2.43. The average molecular weight is 222 g/mol. The van der Waals surface area contributed by atoms with Crippen molar-refractivity contribution in [3.05, 3.63) is 12.3 Å². The van der Waals surface area contributed by atoms with E-state index >= 15 is 0 Å². The highest BCUT2D eigenvalue weighted by Crippen LogP contribution is 2.26. The topological polar surface area (TPSA) is 15.6 Å². The van der Waals surface area contributed by atoms with Crippen molar-refractivity contribution in [2.75, 3.05) is 6.54 Å². The second-order valence-electron chi connectivity index (χ2n) is 6.55. The maximum absolute atomic E-state index is 4.66. The molecule has 0 atom stereocenters. The zero-order valence-electron chi connectivity index (χ0n) is 11.7. The van der Waals surface area contributed by atoms with Gasteiger partial charge in [0.15, 0.2) is 0 Å². The molecule has 0 saturated carbocycles. The molecule has 0 aromatic rings. The van der Waals surface area contributed by atoms with E-state index in [2.05, 4.69) is 57.5 Å². The second-order valence-corrected chi connectivity index (χ2v) is 6.55. The predicted molar refractivity (Wildman–Crippen MR) is 71.7 cm³/mol. The first-order valence-corrected chi connectivity index (χ1v) is 6.24. The fourth-order valence-electron chi connectivity index (χ4n) is 1.99. The molecule has 0 aromatic carbocycles. The minimum atomic E-state index is 0.106. The van der Waals surface area contributed by atoms with E-state index in [4.69, 9.17) is 0 Å². The standard InChI is InChI=1S/C14H26N2/c1-13(2,3)12-15-10-8-7-9-11-16(12)14(4,5)6/h8,10H,7,9,11H2,1-6H3/b10-8-,15-12-. The van der Waals surface area contributed by atoms with Gasteiger partial charge in [-0.1, -0.05) is 26.8 Å². The van der Waals surface area contributed by atoms with Crippen LogP contribution < -0.4 is 0 Å². The molecule has 0 spiro atoms. The number of allylic oxidation sites excluding steroid dienone is 1. The van der Waals surface area contributed by atoms with Gasteiger partial charge >= 0.3 is 0 Å². The molecule has 2 nitrogen and oxygen atoms in total. The number of nitrogens with zero attached hydrogens (tertiary/aromatic N) is 2. The summed E-state index contributed by atoms with van der Waals surface area (Å²) in [4.78, 5) is 7.12. The van der Waals surface area contributed by atoms with Crippen LogP contribution in [-0.2, 0) is 0 Å².